The van der Waals surface area contributed by atoms with Crippen LogP contribution in [-0.4, -0.2) is 23.1 Å². The second-order valence-corrected chi connectivity index (χ2v) is 5.57. The van der Waals surface area contributed by atoms with E-state index in [0.717, 1.165) is 0 Å². The van der Waals surface area contributed by atoms with Gasteiger partial charge >= 0.3 is 5.97 Å². The average molecular weight is 371 g/mol. The Hall–Kier alpha value is -2.09. The molecule has 0 aliphatic heterocycles. The van der Waals surface area contributed by atoms with E-state index in [1.807, 2.05) is 0 Å². The lowest BCUT2D eigenvalue weighted by Crippen LogP contribution is -2.30. The molecule has 0 fully saturated rings. The van der Waals surface area contributed by atoms with Gasteiger partial charge in [0, 0.05) is 6.07 Å². The second-order valence-electron chi connectivity index (χ2n) is 4.77. The first-order valence-electron chi connectivity index (χ1n) is 6.50. The molecule has 2 aromatic heterocycles. The molecule has 7 nitrogen and oxygen atoms in total. The van der Waals surface area contributed by atoms with E-state index in [2.05, 4.69) is 26.4 Å². The molecule has 2 rings (SSSR count). The van der Waals surface area contributed by atoms with Gasteiger partial charge in [0.2, 0.25) is 5.88 Å². The van der Waals surface area contributed by atoms with Crippen molar-refractivity contribution in [3.05, 3.63) is 33.3 Å². The summed E-state index contributed by atoms with van der Waals surface area (Å²) < 4.78 is 15.9. The largest absolute Gasteiger partial charge is 0.465 e. The molecular formula is C14H15BrN2O5. The number of ether oxygens (including phenoxy) is 1. The number of carbonyl (C=O) groups excluding carboxylic acids is 2. The SMILES string of the molecule is Cc1cc(NC(=O)[C@H](C)OC(=O)c2c(C)oc(C)c2Br)on1. The van der Waals surface area contributed by atoms with Crippen molar-refractivity contribution in [3.8, 4) is 0 Å². The van der Waals surface area contributed by atoms with Crippen LogP contribution in [0.15, 0.2) is 19.5 Å². The molecule has 8 heteroatoms. The number of rotatable bonds is 4. The summed E-state index contributed by atoms with van der Waals surface area (Å²) in [5.74, 6) is 0.0320. The molecule has 0 unspecified atom stereocenters. The number of anilines is 1. The summed E-state index contributed by atoms with van der Waals surface area (Å²) in [5.41, 5.74) is 0.904. The fourth-order valence-corrected chi connectivity index (χ4v) is 2.33. The van der Waals surface area contributed by atoms with Gasteiger partial charge in [-0.05, 0) is 43.6 Å². The molecule has 0 aliphatic carbocycles. The monoisotopic (exact) mass is 370 g/mol. The number of carbonyl (C=O) groups is 2. The third kappa shape index (κ3) is 3.38. The molecule has 1 atom stereocenters. The van der Waals surface area contributed by atoms with Crippen LogP contribution in [0.5, 0.6) is 0 Å². The molecule has 2 heterocycles. The summed E-state index contributed by atoms with van der Waals surface area (Å²) in [5, 5.41) is 6.12. The number of aromatic nitrogens is 1. The minimum atomic E-state index is -1.00. The maximum atomic E-state index is 12.1. The minimum absolute atomic E-state index is 0.196. The van der Waals surface area contributed by atoms with Gasteiger partial charge in [0.25, 0.3) is 5.91 Å². The third-order valence-electron chi connectivity index (χ3n) is 2.92. The van der Waals surface area contributed by atoms with Gasteiger partial charge in [0.15, 0.2) is 6.10 Å². The Bertz CT molecular complexity index is 719. The Morgan fingerprint density at radius 1 is 1.32 bits per heavy atom. The Labute approximate surface area is 135 Å². The van der Waals surface area contributed by atoms with Gasteiger partial charge in [-0.15, -0.1) is 0 Å². The van der Waals surface area contributed by atoms with Crippen LogP contribution < -0.4 is 5.32 Å². The molecule has 0 radical (unpaired) electrons. The number of halogens is 1. The zero-order valence-electron chi connectivity index (χ0n) is 12.5. The number of furan rings is 1. The van der Waals surface area contributed by atoms with Crippen molar-refractivity contribution < 1.29 is 23.3 Å². The quantitative estimate of drug-likeness (QED) is 0.830. The van der Waals surface area contributed by atoms with Crippen molar-refractivity contribution in [2.45, 2.75) is 33.8 Å². The van der Waals surface area contributed by atoms with Gasteiger partial charge in [0.1, 0.15) is 17.1 Å². The van der Waals surface area contributed by atoms with Gasteiger partial charge < -0.3 is 13.7 Å². The van der Waals surface area contributed by atoms with Crippen LogP contribution in [-0.2, 0) is 9.53 Å². The van der Waals surface area contributed by atoms with E-state index in [1.165, 1.54) is 6.92 Å². The maximum Gasteiger partial charge on any atom is 0.343 e. The molecule has 1 amide bonds. The number of nitrogens with one attached hydrogen (secondary N) is 1. The van der Waals surface area contributed by atoms with E-state index in [4.69, 9.17) is 13.7 Å². The van der Waals surface area contributed by atoms with Gasteiger partial charge in [0.05, 0.1) is 10.2 Å². The van der Waals surface area contributed by atoms with Crippen molar-refractivity contribution in [3.63, 3.8) is 0 Å². The Morgan fingerprint density at radius 2 is 2.00 bits per heavy atom. The number of amides is 1. The van der Waals surface area contributed by atoms with Crippen LogP contribution in [0.25, 0.3) is 0 Å². The predicted molar refractivity (Wildman–Crippen MR) is 80.6 cm³/mol. The molecule has 0 spiro atoms. The second kappa shape index (κ2) is 6.35. The fraction of sp³-hybridized carbons (Fsp3) is 0.357. The van der Waals surface area contributed by atoms with E-state index in [1.54, 1.807) is 26.8 Å². The summed E-state index contributed by atoms with van der Waals surface area (Å²) in [6.07, 6.45) is -1.00. The highest BCUT2D eigenvalue weighted by atomic mass is 79.9. The molecular weight excluding hydrogens is 356 g/mol. The lowest BCUT2D eigenvalue weighted by atomic mass is 10.2. The van der Waals surface area contributed by atoms with Crippen LogP contribution in [0.4, 0.5) is 5.88 Å². The van der Waals surface area contributed by atoms with E-state index >= 15 is 0 Å². The van der Waals surface area contributed by atoms with Gasteiger partial charge in [-0.3, -0.25) is 10.1 Å². The molecule has 22 heavy (non-hydrogen) atoms. The maximum absolute atomic E-state index is 12.1. The van der Waals surface area contributed by atoms with E-state index in [0.29, 0.717) is 21.7 Å². The topological polar surface area (TPSA) is 94.6 Å². The van der Waals surface area contributed by atoms with Crippen molar-refractivity contribution in [2.75, 3.05) is 5.32 Å². The lowest BCUT2D eigenvalue weighted by molar-refractivity contribution is -0.123. The zero-order valence-corrected chi connectivity index (χ0v) is 14.1. The number of aryl methyl sites for hydroxylation is 3. The van der Waals surface area contributed by atoms with E-state index < -0.39 is 18.0 Å². The normalized spacial score (nSPS) is 12.0. The summed E-state index contributed by atoms with van der Waals surface area (Å²) in [6.45, 7) is 6.56. The summed E-state index contributed by atoms with van der Waals surface area (Å²) in [6, 6.07) is 1.56. The molecule has 0 aromatic carbocycles. The van der Waals surface area contributed by atoms with Crippen molar-refractivity contribution in [1.82, 2.24) is 5.16 Å². The van der Waals surface area contributed by atoms with Crippen LogP contribution in [0.2, 0.25) is 0 Å². The molecule has 0 aliphatic rings. The van der Waals surface area contributed by atoms with Crippen LogP contribution >= 0.6 is 15.9 Å². The van der Waals surface area contributed by atoms with Gasteiger partial charge in [-0.25, -0.2) is 4.79 Å². The highest BCUT2D eigenvalue weighted by Crippen LogP contribution is 2.28. The Kier molecular flexibility index (Phi) is 4.70. The minimum Gasteiger partial charge on any atom is -0.465 e. The van der Waals surface area contributed by atoms with Gasteiger partial charge in [-0.1, -0.05) is 5.16 Å². The van der Waals surface area contributed by atoms with E-state index in [-0.39, 0.29) is 11.4 Å². The highest BCUT2D eigenvalue weighted by molar-refractivity contribution is 9.10. The van der Waals surface area contributed by atoms with Crippen molar-refractivity contribution in [1.29, 1.82) is 0 Å². The van der Waals surface area contributed by atoms with Crippen molar-refractivity contribution >= 4 is 33.7 Å². The van der Waals surface area contributed by atoms with Gasteiger partial charge in [-0.2, -0.15) is 0 Å². The first-order valence-corrected chi connectivity index (χ1v) is 7.29. The summed E-state index contributed by atoms with van der Waals surface area (Å²) in [7, 11) is 0. The van der Waals surface area contributed by atoms with E-state index in [9.17, 15) is 9.59 Å². The summed E-state index contributed by atoms with van der Waals surface area (Å²) in [4.78, 5) is 24.1. The molecule has 0 saturated carbocycles. The standard InChI is InChI=1S/C14H15BrN2O5/c1-6-5-10(22-17-6)16-13(18)9(4)21-14(19)11-7(2)20-8(3)12(11)15/h5,9H,1-4H3,(H,16,18)/t9-/m0/s1. The number of hydrogen-bond acceptors (Lipinski definition) is 6. The van der Waals surface area contributed by atoms with Crippen LogP contribution in [0, 0.1) is 20.8 Å². The Morgan fingerprint density at radius 3 is 2.50 bits per heavy atom. The number of hydrogen-bond donors (Lipinski definition) is 1. The molecule has 0 bridgehead atoms. The number of esters is 1. The molecule has 118 valence electrons. The first kappa shape index (κ1) is 16.3. The van der Waals surface area contributed by atoms with Crippen LogP contribution in [0.1, 0.15) is 34.5 Å². The fourth-order valence-electron chi connectivity index (χ4n) is 1.81. The lowest BCUT2D eigenvalue weighted by Gasteiger charge is -2.12. The first-order chi connectivity index (χ1) is 10.3. The molecule has 0 saturated heterocycles. The van der Waals surface area contributed by atoms with Crippen molar-refractivity contribution in [2.24, 2.45) is 0 Å². The molecule has 2 aromatic rings. The zero-order chi connectivity index (χ0) is 16.4. The predicted octanol–water partition coefficient (Wildman–Crippen LogP) is 3.14. The third-order valence-corrected chi connectivity index (χ3v) is 3.87. The smallest absolute Gasteiger partial charge is 0.343 e. The number of nitrogens with zero attached hydrogens (tertiary/aromatic N) is 1. The summed E-state index contributed by atoms with van der Waals surface area (Å²) >= 11 is 3.27. The van der Waals surface area contributed by atoms with Crippen LogP contribution in [0.3, 0.4) is 0 Å². The Balaban J connectivity index is 2.03. The molecule has 1 N–H and O–H groups in total. The highest BCUT2D eigenvalue weighted by Gasteiger charge is 2.25. The average Bonchev–Trinajstić information content (AvgIpc) is 2.93.